The van der Waals surface area contributed by atoms with Crippen molar-refractivity contribution in [3.8, 4) is 0 Å². The number of rotatable bonds is 16. The fourth-order valence-electron chi connectivity index (χ4n) is 4.87. The summed E-state index contributed by atoms with van der Waals surface area (Å²) in [6, 6.07) is 0.258. The van der Waals surface area contributed by atoms with Crippen molar-refractivity contribution in [1.82, 2.24) is 19.5 Å². The summed E-state index contributed by atoms with van der Waals surface area (Å²) in [5.41, 5.74) is 0.896. The highest BCUT2D eigenvalue weighted by molar-refractivity contribution is 7.53. The molecule has 0 amide bonds. The number of aliphatic hydroxyl groups excluding tert-OH is 1. The lowest BCUT2D eigenvalue weighted by molar-refractivity contribution is -0.0614. The number of nitrogens with zero attached hydrogens (tertiary/aromatic N) is 4. The monoisotopic (exact) mass is 677 g/mol. The minimum atomic E-state index is -4.19. The summed E-state index contributed by atoms with van der Waals surface area (Å²) in [7, 11) is -4.19. The van der Waals surface area contributed by atoms with Gasteiger partial charge in [-0.25, -0.2) is 14.6 Å². The lowest BCUT2D eigenvalue weighted by atomic mass is 10.00. The van der Waals surface area contributed by atoms with Crippen LogP contribution in [0.25, 0.3) is 11.2 Å². The molecule has 2 aromatic heterocycles. The molecule has 0 unspecified atom stereocenters. The Kier molecular flexibility index (Phi) is 12.8. The first-order valence-electron chi connectivity index (χ1n) is 14.4. The molecule has 1 saturated heterocycles. The summed E-state index contributed by atoms with van der Waals surface area (Å²) in [6.45, 7) is 5.19. The number of ether oxygens (including phenoxy) is 6. The Hall–Kier alpha value is -3.05. The molecule has 0 radical (unpaired) electrons. The maximum atomic E-state index is 13.3. The van der Waals surface area contributed by atoms with E-state index in [2.05, 4.69) is 45.8 Å². The molecule has 250 valence electrons. The van der Waals surface area contributed by atoms with Crippen LogP contribution in [0.5, 0.6) is 0 Å². The number of hydrogen-bond donors (Lipinski definition) is 2. The average molecular weight is 678 g/mol. The Labute approximate surface area is 263 Å². The van der Waals surface area contributed by atoms with Crippen LogP contribution >= 0.6 is 19.2 Å². The van der Waals surface area contributed by atoms with Crippen molar-refractivity contribution in [2.24, 2.45) is 5.92 Å². The SMILES string of the molecule is C=C[C@@H]1[C@H](O)[C@@H](COCP(=O)(OCOC(=O)OCC)OCOC(=O)OCC)O[C@H]1n1cnc2c(NC3CCCC3)nc(Cl)nc21. The average Bonchev–Trinajstić information content (AvgIpc) is 3.73. The summed E-state index contributed by atoms with van der Waals surface area (Å²) in [5, 5.41) is 14.5. The van der Waals surface area contributed by atoms with Gasteiger partial charge in [-0.15, -0.1) is 6.58 Å². The van der Waals surface area contributed by atoms with Gasteiger partial charge < -0.3 is 38.8 Å². The first kappa shape index (κ1) is 34.8. The van der Waals surface area contributed by atoms with Crippen LogP contribution in [0.4, 0.5) is 15.4 Å². The highest BCUT2D eigenvalue weighted by Crippen LogP contribution is 2.48. The number of halogens is 1. The van der Waals surface area contributed by atoms with Crippen molar-refractivity contribution >= 4 is 48.5 Å². The third kappa shape index (κ3) is 9.25. The molecule has 45 heavy (non-hydrogen) atoms. The highest BCUT2D eigenvalue weighted by atomic mass is 35.5. The quantitative estimate of drug-likeness (QED) is 0.0833. The van der Waals surface area contributed by atoms with Crippen LogP contribution in [0, 0.1) is 5.92 Å². The molecule has 4 atom stereocenters. The summed E-state index contributed by atoms with van der Waals surface area (Å²) in [5.74, 6) is -0.106. The van der Waals surface area contributed by atoms with Crippen molar-refractivity contribution in [2.75, 3.05) is 45.1 Å². The molecule has 1 aliphatic carbocycles. The number of aliphatic hydroxyl groups is 1. The second-order valence-corrected chi connectivity index (χ2v) is 12.3. The first-order valence-corrected chi connectivity index (χ1v) is 16.5. The number of aromatic nitrogens is 4. The van der Waals surface area contributed by atoms with E-state index in [1.54, 1.807) is 18.4 Å². The maximum Gasteiger partial charge on any atom is 0.510 e. The molecule has 0 spiro atoms. The Morgan fingerprint density at radius 3 is 2.38 bits per heavy atom. The van der Waals surface area contributed by atoms with Crippen LogP contribution < -0.4 is 5.32 Å². The van der Waals surface area contributed by atoms with E-state index in [1.807, 2.05) is 0 Å². The number of anilines is 1. The molecular weight excluding hydrogens is 641 g/mol. The van der Waals surface area contributed by atoms with E-state index < -0.39 is 64.2 Å². The number of carbonyl (C=O) groups excluding carboxylic acids is 2. The Balaban J connectivity index is 1.41. The standard InChI is InChI=1S/C26H37ClN5O12P/c1-4-17-20(33)18(11-37-15-45(36,42-13-40-25(34)38-5-2)43-14-41-26(35)39-6-3)44-23(17)32-12-28-19-21(29-16-9-7-8-10-16)30-24(27)31-22(19)32/h4,12,16-18,20,23,33H,1,5-11,13-15H2,2-3H3,(H,29,30,31)/t17-,18-,20+,23-/m1/s1. The van der Waals surface area contributed by atoms with Gasteiger partial charge >= 0.3 is 19.9 Å². The van der Waals surface area contributed by atoms with Gasteiger partial charge in [0, 0.05) is 6.04 Å². The van der Waals surface area contributed by atoms with E-state index in [1.165, 1.54) is 12.4 Å². The largest absolute Gasteiger partial charge is 0.510 e. The fraction of sp³-hybridized carbons (Fsp3) is 0.654. The normalized spacial score (nSPS) is 22.0. The van der Waals surface area contributed by atoms with Gasteiger partial charge in [-0.2, -0.15) is 9.97 Å². The molecule has 17 nitrogen and oxygen atoms in total. The van der Waals surface area contributed by atoms with Gasteiger partial charge in [0.1, 0.15) is 18.7 Å². The second kappa shape index (κ2) is 16.5. The van der Waals surface area contributed by atoms with Gasteiger partial charge in [0.15, 0.2) is 17.0 Å². The van der Waals surface area contributed by atoms with E-state index in [-0.39, 0.29) is 31.1 Å². The van der Waals surface area contributed by atoms with Gasteiger partial charge in [0.2, 0.25) is 18.9 Å². The second-order valence-electron chi connectivity index (χ2n) is 9.92. The third-order valence-corrected chi connectivity index (χ3v) is 8.63. The number of imidazole rings is 1. The van der Waals surface area contributed by atoms with E-state index >= 15 is 0 Å². The van der Waals surface area contributed by atoms with E-state index in [9.17, 15) is 19.3 Å². The lowest BCUT2D eigenvalue weighted by Crippen LogP contribution is -2.30. The maximum absolute atomic E-state index is 13.3. The minimum absolute atomic E-state index is 0.0213. The van der Waals surface area contributed by atoms with Gasteiger partial charge in [0.25, 0.3) is 0 Å². The van der Waals surface area contributed by atoms with Crippen LogP contribution in [0.3, 0.4) is 0 Å². The summed E-state index contributed by atoms with van der Waals surface area (Å²) in [4.78, 5) is 36.1. The molecule has 1 saturated carbocycles. The highest BCUT2D eigenvalue weighted by Gasteiger charge is 2.44. The first-order chi connectivity index (χ1) is 21.7. The van der Waals surface area contributed by atoms with Crippen molar-refractivity contribution in [1.29, 1.82) is 0 Å². The van der Waals surface area contributed by atoms with Crippen molar-refractivity contribution in [2.45, 2.75) is 64.0 Å². The molecule has 0 bridgehead atoms. The van der Waals surface area contributed by atoms with Gasteiger partial charge in [-0.05, 0) is 38.3 Å². The molecule has 19 heteroatoms. The zero-order valence-electron chi connectivity index (χ0n) is 24.9. The van der Waals surface area contributed by atoms with Crippen molar-refractivity contribution < 1.29 is 56.7 Å². The molecule has 0 aromatic carbocycles. The Morgan fingerprint density at radius 1 is 1.13 bits per heavy atom. The van der Waals surface area contributed by atoms with E-state index in [0.29, 0.717) is 17.0 Å². The Bertz CT molecular complexity index is 1330. The van der Waals surface area contributed by atoms with E-state index in [4.69, 9.17) is 30.1 Å². The fourth-order valence-corrected chi connectivity index (χ4v) is 6.02. The zero-order valence-corrected chi connectivity index (χ0v) is 26.5. The molecule has 2 aromatic rings. The predicted octanol–water partition coefficient (Wildman–Crippen LogP) is 4.36. The van der Waals surface area contributed by atoms with E-state index in [0.717, 1.165) is 25.7 Å². The van der Waals surface area contributed by atoms with Crippen molar-refractivity contribution in [3.63, 3.8) is 0 Å². The lowest BCUT2D eigenvalue weighted by Gasteiger charge is -2.20. The molecule has 2 N–H and O–H groups in total. The van der Waals surface area contributed by atoms with Crippen LogP contribution in [0.15, 0.2) is 19.0 Å². The van der Waals surface area contributed by atoms with Crippen LogP contribution in [0.2, 0.25) is 5.28 Å². The van der Waals surface area contributed by atoms with Crippen LogP contribution in [-0.4, -0.2) is 94.9 Å². The van der Waals surface area contributed by atoms with Crippen LogP contribution in [0.1, 0.15) is 45.8 Å². The molecule has 3 heterocycles. The molecule has 4 rings (SSSR count). The van der Waals surface area contributed by atoms with Gasteiger partial charge in [-0.3, -0.25) is 18.2 Å². The number of carbonyl (C=O) groups is 2. The molecule has 1 aliphatic heterocycles. The topological polar surface area (TPSA) is 201 Å². The summed E-state index contributed by atoms with van der Waals surface area (Å²) >= 11 is 6.27. The Morgan fingerprint density at radius 2 is 1.78 bits per heavy atom. The molecule has 2 fully saturated rings. The molecule has 2 aliphatic rings. The van der Waals surface area contributed by atoms with Crippen molar-refractivity contribution in [3.05, 3.63) is 24.3 Å². The van der Waals surface area contributed by atoms with Gasteiger partial charge in [0.05, 0.1) is 38.2 Å². The zero-order chi connectivity index (χ0) is 32.4. The molecular formula is C26H37ClN5O12P. The van der Waals surface area contributed by atoms with Crippen LogP contribution in [-0.2, 0) is 42.0 Å². The minimum Gasteiger partial charge on any atom is -0.435 e. The number of fused-ring (bicyclic) bond motifs is 1. The summed E-state index contributed by atoms with van der Waals surface area (Å²) < 4.78 is 55.4. The summed E-state index contributed by atoms with van der Waals surface area (Å²) in [6.07, 6.45) is 1.73. The predicted molar refractivity (Wildman–Crippen MR) is 156 cm³/mol. The third-order valence-electron chi connectivity index (χ3n) is 6.96. The number of hydrogen-bond acceptors (Lipinski definition) is 16. The smallest absolute Gasteiger partial charge is 0.435 e. The van der Waals surface area contributed by atoms with Gasteiger partial charge in [-0.1, -0.05) is 18.9 Å². The number of nitrogens with one attached hydrogen (secondary N) is 1.